The van der Waals surface area contributed by atoms with Gasteiger partial charge in [-0.1, -0.05) is 12.1 Å². The summed E-state index contributed by atoms with van der Waals surface area (Å²) in [6.45, 7) is 0.558. The van der Waals surface area contributed by atoms with Crippen LogP contribution in [0.5, 0.6) is 0 Å². The van der Waals surface area contributed by atoms with Crippen molar-refractivity contribution in [3.8, 4) is 11.3 Å². The Bertz CT molecular complexity index is 1190. The number of aliphatic imine (C=N–C) groups is 1. The Morgan fingerprint density at radius 3 is 2.75 bits per heavy atom. The molecule has 1 fully saturated rings. The molecule has 162 valence electrons. The fourth-order valence-corrected chi connectivity index (χ4v) is 4.36. The third-order valence-corrected chi connectivity index (χ3v) is 6.19. The van der Waals surface area contributed by atoms with Crippen LogP contribution in [-0.2, 0) is 4.79 Å². The van der Waals surface area contributed by atoms with Crippen LogP contribution in [0.2, 0.25) is 0 Å². The number of hydrogen-bond acceptors (Lipinski definition) is 7. The number of carbonyl (C=O) groups excluding carboxylic acids is 1. The van der Waals surface area contributed by atoms with E-state index in [4.69, 9.17) is 9.52 Å². The van der Waals surface area contributed by atoms with Crippen LogP contribution < -0.4 is 0 Å². The highest BCUT2D eigenvalue weighted by Crippen LogP contribution is 2.35. The lowest BCUT2D eigenvalue weighted by molar-refractivity contribution is -0.122. The van der Waals surface area contributed by atoms with Crippen molar-refractivity contribution < 1.29 is 19.1 Å². The first-order valence-electron chi connectivity index (χ1n) is 9.68. The lowest BCUT2D eigenvalue weighted by atomic mass is 10.1. The molecular weight excluding hydrogens is 446 g/mol. The van der Waals surface area contributed by atoms with Gasteiger partial charge >= 0.3 is 5.97 Å². The number of rotatable bonds is 7. The van der Waals surface area contributed by atoms with Gasteiger partial charge in [-0.15, -0.1) is 0 Å². The molecule has 0 unspecified atom stereocenters. The zero-order valence-electron chi connectivity index (χ0n) is 17.1. The second kappa shape index (κ2) is 9.88. The molecule has 1 aliphatic heterocycles. The first-order valence-corrected chi connectivity index (χ1v) is 11.9. The summed E-state index contributed by atoms with van der Waals surface area (Å²) < 4.78 is 5.89. The van der Waals surface area contributed by atoms with Crippen molar-refractivity contribution in [3.05, 3.63) is 77.2 Å². The van der Waals surface area contributed by atoms with E-state index in [9.17, 15) is 9.59 Å². The molecule has 1 saturated heterocycles. The largest absolute Gasteiger partial charge is 0.478 e. The highest BCUT2D eigenvalue weighted by Gasteiger charge is 2.33. The normalized spacial score (nSPS) is 16.3. The molecule has 0 atom stereocenters. The number of carboxylic acid groups (broad SMARTS) is 1. The molecule has 2 aromatic heterocycles. The number of nitrogens with zero attached hydrogens (tertiary/aromatic N) is 3. The fourth-order valence-electron chi connectivity index (χ4n) is 2.99. The first-order chi connectivity index (χ1) is 15.5. The lowest BCUT2D eigenvalue weighted by Crippen LogP contribution is -2.31. The van der Waals surface area contributed by atoms with Crippen LogP contribution in [0.4, 0.5) is 5.69 Å². The summed E-state index contributed by atoms with van der Waals surface area (Å²) in [5, 5.41) is 9.65. The van der Waals surface area contributed by atoms with E-state index in [1.807, 2.05) is 12.3 Å². The van der Waals surface area contributed by atoms with Crippen LogP contribution in [0, 0.1) is 0 Å². The average Bonchev–Trinajstić information content (AvgIpc) is 3.38. The summed E-state index contributed by atoms with van der Waals surface area (Å²) in [4.78, 5) is 34.9. The Morgan fingerprint density at radius 2 is 2.06 bits per heavy atom. The molecule has 1 aromatic carbocycles. The van der Waals surface area contributed by atoms with Gasteiger partial charge in [-0.05, 0) is 54.4 Å². The van der Waals surface area contributed by atoms with E-state index in [2.05, 4.69) is 9.98 Å². The number of carbonyl (C=O) groups is 2. The van der Waals surface area contributed by atoms with E-state index in [0.29, 0.717) is 33.8 Å². The molecule has 3 heterocycles. The van der Waals surface area contributed by atoms with Gasteiger partial charge in [-0.3, -0.25) is 14.7 Å². The Morgan fingerprint density at radius 1 is 1.25 bits per heavy atom. The van der Waals surface area contributed by atoms with E-state index < -0.39 is 5.97 Å². The highest BCUT2D eigenvalue weighted by atomic mass is 32.2. The monoisotopic (exact) mass is 465 g/mol. The minimum absolute atomic E-state index is 0.115. The van der Waals surface area contributed by atoms with Gasteiger partial charge in [0.25, 0.3) is 5.91 Å². The highest BCUT2D eigenvalue weighted by molar-refractivity contribution is 8.18. The molecule has 0 spiro atoms. The zero-order chi connectivity index (χ0) is 22.5. The van der Waals surface area contributed by atoms with Crippen molar-refractivity contribution in [3.63, 3.8) is 0 Å². The fraction of sp³-hybridized carbons (Fsp3) is 0.130. The van der Waals surface area contributed by atoms with Gasteiger partial charge in [0.2, 0.25) is 0 Å². The number of amidine groups is 1. The van der Waals surface area contributed by atoms with Crippen molar-refractivity contribution in [2.45, 2.75) is 0 Å². The maximum absolute atomic E-state index is 13.0. The van der Waals surface area contributed by atoms with Gasteiger partial charge in [-0.2, -0.15) is 11.8 Å². The summed E-state index contributed by atoms with van der Waals surface area (Å²) in [5.41, 5.74) is 1.65. The summed E-state index contributed by atoms with van der Waals surface area (Å²) in [6, 6.07) is 13.7. The van der Waals surface area contributed by atoms with E-state index in [1.54, 1.807) is 65.5 Å². The van der Waals surface area contributed by atoms with E-state index in [1.165, 1.54) is 23.9 Å². The Kier molecular flexibility index (Phi) is 6.77. The van der Waals surface area contributed by atoms with Crippen molar-refractivity contribution in [1.29, 1.82) is 0 Å². The number of benzene rings is 1. The van der Waals surface area contributed by atoms with Gasteiger partial charge < -0.3 is 9.52 Å². The standard InChI is InChI=1S/C23H19N3O4S2/c1-31-12-11-26-21(27)20(32-23(26)25-17-3-2-10-24-14-17)13-18-8-9-19(30-18)15-4-6-16(7-5-15)22(28)29/h2-10,13-14H,11-12H2,1H3,(H,28,29)/b20-13-,25-23?. The predicted octanol–water partition coefficient (Wildman–Crippen LogP) is 5.01. The second-order valence-electron chi connectivity index (χ2n) is 6.75. The Hall–Kier alpha value is -3.30. The number of amides is 1. The van der Waals surface area contributed by atoms with Gasteiger partial charge in [0.1, 0.15) is 11.5 Å². The average molecular weight is 466 g/mol. The molecule has 1 aliphatic rings. The van der Waals surface area contributed by atoms with Crippen molar-refractivity contribution in [1.82, 2.24) is 9.88 Å². The summed E-state index contributed by atoms with van der Waals surface area (Å²) >= 11 is 2.96. The van der Waals surface area contributed by atoms with Gasteiger partial charge in [0, 0.05) is 30.1 Å². The summed E-state index contributed by atoms with van der Waals surface area (Å²) in [7, 11) is 0. The van der Waals surface area contributed by atoms with Crippen LogP contribution in [0.1, 0.15) is 16.1 Å². The van der Waals surface area contributed by atoms with Gasteiger partial charge in [0.15, 0.2) is 5.17 Å². The molecule has 0 bridgehead atoms. The van der Waals surface area contributed by atoms with E-state index in [0.717, 1.165) is 11.3 Å². The SMILES string of the molecule is CSCCN1C(=O)/C(=C/c2ccc(-c3ccc(C(=O)O)cc3)o2)SC1=Nc1cccnc1. The molecule has 1 N–H and O–H groups in total. The number of aromatic carboxylic acids is 1. The van der Waals surface area contributed by atoms with Crippen molar-refractivity contribution in [2.24, 2.45) is 4.99 Å². The number of furan rings is 1. The third kappa shape index (κ3) is 4.95. The second-order valence-corrected chi connectivity index (χ2v) is 8.75. The summed E-state index contributed by atoms with van der Waals surface area (Å²) in [5.74, 6) is 0.824. The van der Waals surface area contributed by atoms with Crippen LogP contribution in [0.25, 0.3) is 17.4 Å². The molecule has 32 heavy (non-hydrogen) atoms. The Balaban J connectivity index is 1.59. The molecule has 7 nitrogen and oxygen atoms in total. The van der Waals surface area contributed by atoms with Crippen LogP contribution >= 0.6 is 23.5 Å². The molecular formula is C23H19N3O4S2. The predicted molar refractivity (Wildman–Crippen MR) is 128 cm³/mol. The third-order valence-electron chi connectivity index (χ3n) is 4.59. The molecule has 3 aromatic rings. The maximum Gasteiger partial charge on any atom is 0.335 e. The number of pyridine rings is 1. The minimum Gasteiger partial charge on any atom is -0.478 e. The summed E-state index contributed by atoms with van der Waals surface area (Å²) in [6.07, 6.45) is 7.04. The van der Waals surface area contributed by atoms with Crippen molar-refractivity contribution >= 4 is 52.3 Å². The van der Waals surface area contributed by atoms with Crippen LogP contribution in [-0.4, -0.2) is 50.6 Å². The quantitative estimate of drug-likeness (QED) is 0.490. The molecule has 4 rings (SSSR count). The molecule has 9 heteroatoms. The van der Waals surface area contributed by atoms with Gasteiger partial charge in [-0.25, -0.2) is 9.79 Å². The zero-order valence-corrected chi connectivity index (χ0v) is 18.7. The minimum atomic E-state index is -0.979. The van der Waals surface area contributed by atoms with Crippen LogP contribution in [0.3, 0.4) is 0 Å². The Labute approximate surface area is 193 Å². The van der Waals surface area contributed by atoms with Gasteiger partial charge in [0.05, 0.1) is 22.4 Å². The number of thioether (sulfide) groups is 2. The maximum atomic E-state index is 13.0. The topological polar surface area (TPSA) is 96.0 Å². The number of aromatic nitrogens is 1. The first kappa shape index (κ1) is 21.9. The molecule has 0 saturated carbocycles. The molecule has 0 aliphatic carbocycles. The molecule has 1 amide bonds. The van der Waals surface area contributed by atoms with Crippen molar-refractivity contribution in [2.75, 3.05) is 18.6 Å². The van der Waals surface area contributed by atoms with E-state index >= 15 is 0 Å². The lowest BCUT2D eigenvalue weighted by Gasteiger charge is -2.14. The number of carboxylic acids is 1. The van der Waals surface area contributed by atoms with Crippen LogP contribution in [0.15, 0.2) is 75.2 Å². The number of hydrogen-bond donors (Lipinski definition) is 1. The van der Waals surface area contributed by atoms with E-state index in [-0.39, 0.29) is 11.5 Å². The molecule has 0 radical (unpaired) electrons. The smallest absolute Gasteiger partial charge is 0.335 e.